The highest BCUT2D eigenvalue weighted by molar-refractivity contribution is 6.06. The molecular weight excluding hydrogens is 333 g/mol. The van der Waals surface area contributed by atoms with Crippen LogP contribution in [0.4, 0.5) is 22.0 Å². The zero-order valence-electron chi connectivity index (χ0n) is 12.2. The van der Waals surface area contributed by atoms with Gasteiger partial charge in [0.05, 0.1) is 7.11 Å². The average Bonchev–Trinajstić information content (AvgIpc) is 2.51. The molecule has 126 valence electrons. The van der Waals surface area contributed by atoms with Crippen molar-refractivity contribution >= 4 is 11.9 Å². The van der Waals surface area contributed by atoms with Gasteiger partial charge in [0.25, 0.3) is 0 Å². The summed E-state index contributed by atoms with van der Waals surface area (Å²) in [5, 5.41) is 0. The van der Waals surface area contributed by atoms with Gasteiger partial charge >= 0.3 is 6.18 Å². The van der Waals surface area contributed by atoms with Crippen molar-refractivity contribution in [2.75, 3.05) is 7.11 Å². The van der Waals surface area contributed by atoms with Gasteiger partial charge in [-0.25, -0.2) is 8.78 Å². The van der Waals surface area contributed by atoms with Crippen LogP contribution in [-0.4, -0.2) is 17.9 Å². The molecule has 0 saturated carbocycles. The number of ether oxygens (including phenoxy) is 1. The Morgan fingerprint density at radius 3 is 2.25 bits per heavy atom. The van der Waals surface area contributed by atoms with E-state index >= 15 is 0 Å². The third-order valence-corrected chi connectivity index (χ3v) is 2.99. The maximum Gasteiger partial charge on any atom is 0.433 e. The Balaban J connectivity index is 2.19. The van der Waals surface area contributed by atoms with Gasteiger partial charge in [-0.05, 0) is 35.9 Å². The molecule has 0 fully saturated rings. The molecule has 0 aliphatic rings. The van der Waals surface area contributed by atoms with E-state index in [2.05, 4.69) is 9.72 Å². The molecule has 0 unspecified atom stereocenters. The topological polar surface area (TPSA) is 39.2 Å². The zero-order valence-corrected chi connectivity index (χ0v) is 12.2. The number of carbonyl (C=O) groups is 1. The Bertz CT molecular complexity index is 759. The predicted octanol–water partition coefficient (Wildman–Crippen LogP) is 4.28. The number of rotatable bonds is 4. The molecule has 2 aromatic rings. The lowest BCUT2D eigenvalue weighted by Gasteiger charge is -2.05. The Kier molecular flexibility index (Phi) is 4.96. The second kappa shape index (κ2) is 6.77. The summed E-state index contributed by atoms with van der Waals surface area (Å²) < 4.78 is 68.7. The van der Waals surface area contributed by atoms with E-state index < -0.39 is 35.0 Å². The van der Waals surface area contributed by atoms with E-state index in [-0.39, 0.29) is 11.1 Å². The molecule has 0 aliphatic carbocycles. The number of nitrogens with zero attached hydrogens (tertiary/aromatic N) is 1. The van der Waals surface area contributed by atoms with Gasteiger partial charge in [-0.15, -0.1) is 0 Å². The highest BCUT2D eigenvalue weighted by Gasteiger charge is 2.31. The van der Waals surface area contributed by atoms with Gasteiger partial charge in [-0.1, -0.05) is 6.07 Å². The van der Waals surface area contributed by atoms with Crippen LogP contribution < -0.4 is 4.74 Å². The van der Waals surface area contributed by atoms with Crippen LogP contribution in [0.3, 0.4) is 0 Å². The summed E-state index contributed by atoms with van der Waals surface area (Å²) in [5.74, 6) is -3.41. The van der Waals surface area contributed by atoms with Crippen molar-refractivity contribution in [2.45, 2.75) is 6.18 Å². The van der Waals surface area contributed by atoms with Crippen molar-refractivity contribution in [3.8, 4) is 5.75 Å². The first-order chi connectivity index (χ1) is 11.2. The molecule has 0 spiro atoms. The van der Waals surface area contributed by atoms with Crippen LogP contribution in [-0.2, 0) is 6.18 Å². The van der Waals surface area contributed by atoms with Crippen LogP contribution in [0.15, 0.2) is 36.5 Å². The Labute approximate surface area is 133 Å². The lowest BCUT2D eigenvalue weighted by Crippen LogP contribution is -2.07. The largest absolute Gasteiger partial charge is 0.491 e. The van der Waals surface area contributed by atoms with Gasteiger partial charge in [0.1, 0.15) is 5.69 Å². The summed E-state index contributed by atoms with van der Waals surface area (Å²) in [4.78, 5) is 15.1. The second-order valence-electron chi connectivity index (χ2n) is 4.65. The Morgan fingerprint density at radius 1 is 1.17 bits per heavy atom. The standard InChI is InChI=1S/C16H10F5NO2/c1-24-15-11(17)6-10(7-12(15)18)13(23)4-2-9-3-5-14(22-8-9)16(19,20)21/h2-8H,1H3/b4-2+. The number of methoxy groups -OCH3 is 1. The average molecular weight is 343 g/mol. The smallest absolute Gasteiger partial charge is 0.433 e. The fourth-order valence-corrected chi connectivity index (χ4v) is 1.84. The van der Waals surface area contributed by atoms with Crippen LogP contribution in [0.2, 0.25) is 0 Å². The molecule has 1 aromatic heterocycles. The van der Waals surface area contributed by atoms with Crippen LogP contribution in [0.25, 0.3) is 6.08 Å². The SMILES string of the molecule is COc1c(F)cc(C(=O)/C=C/c2ccc(C(F)(F)F)nc2)cc1F. The second-order valence-corrected chi connectivity index (χ2v) is 4.65. The molecule has 24 heavy (non-hydrogen) atoms. The van der Waals surface area contributed by atoms with E-state index in [1.54, 1.807) is 0 Å². The number of ketones is 1. The highest BCUT2D eigenvalue weighted by Crippen LogP contribution is 2.27. The number of benzene rings is 1. The first-order valence-corrected chi connectivity index (χ1v) is 6.51. The number of pyridine rings is 1. The summed E-state index contributed by atoms with van der Waals surface area (Å²) in [5.41, 5.74) is -1.10. The monoisotopic (exact) mass is 343 g/mol. The van der Waals surface area contributed by atoms with Gasteiger partial charge in [-0.2, -0.15) is 13.2 Å². The summed E-state index contributed by atoms with van der Waals surface area (Å²) in [6.07, 6.45) is -1.46. The van der Waals surface area contributed by atoms with Crippen molar-refractivity contribution in [1.82, 2.24) is 4.98 Å². The van der Waals surface area contributed by atoms with E-state index in [9.17, 15) is 26.7 Å². The number of alkyl halides is 3. The molecule has 2 rings (SSSR count). The molecule has 0 N–H and O–H groups in total. The number of allylic oxidation sites excluding steroid dienone is 1. The van der Waals surface area contributed by atoms with Crippen LogP contribution in [0.1, 0.15) is 21.6 Å². The summed E-state index contributed by atoms with van der Waals surface area (Å²) >= 11 is 0. The van der Waals surface area contributed by atoms with E-state index in [0.29, 0.717) is 0 Å². The maximum absolute atomic E-state index is 13.5. The molecule has 0 atom stereocenters. The molecule has 8 heteroatoms. The van der Waals surface area contributed by atoms with Crippen molar-refractivity contribution in [3.63, 3.8) is 0 Å². The Hall–Kier alpha value is -2.77. The van der Waals surface area contributed by atoms with Gasteiger partial charge in [0.15, 0.2) is 23.2 Å². The lowest BCUT2D eigenvalue weighted by molar-refractivity contribution is -0.141. The molecule has 0 bridgehead atoms. The van der Waals surface area contributed by atoms with Crippen LogP contribution >= 0.6 is 0 Å². The fourth-order valence-electron chi connectivity index (χ4n) is 1.84. The minimum Gasteiger partial charge on any atom is -0.491 e. The summed E-state index contributed by atoms with van der Waals surface area (Å²) in [6.45, 7) is 0. The lowest BCUT2D eigenvalue weighted by atomic mass is 10.1. The molecule has 3 nitrogen and oxygen atoms in total. The van der Waals surface area contributed by atoms with Gasteiger partial charge in [-0.3, -0.25) is 9.78 Å². The zero-order chi connectivity index (χ0) is 17.9. The molecule has 0 radical (unpaired) electrons. The molecule has 0 amide bonds. The highest BCUT2D eigenvalue weighted by atomic mass is 19.4. The van der Waals surface area contributed by atoms with E-state index in [1.807, 2.05) is 0 Å². The fraction of sp³-hybridized carbons (Fsp3) is 0.125. The quantitative estimate of drug-likeness (QED) is 0.472. The number of carbonyl (C=O) groups excluding carboxylic acids is 1. The molecule has 1 aromatic carbocycles. The number of aromatic nitrogens is 1. The number of hydrogen-bond donors (Lipinski definition) is 0. The van der Waals surface area contributed by atoms with Crippen molar-refractivity contribution in [1.29, 1.82) is 0 Å². The third kappa shape index (κ3) is 3.95. The van der Waals surface area contributed by atoms with E-state index in [4.69, 9.17) is 0 Å². The minimum atomic E-state index is -4.56. The number of halogens is 5. The first-order valence-electron chi connectivity index (χ1n) is 6.51. The normalized spacial score (nSPS) is 11.8. The van der Waals surface area contributed by atoms with E-state index in [1.165, 1.54) is 6.08 Å². The third-order valence-electron chi connectivity index (χ3n) is 2.99. The van der Waals surface area contributed by atoms with Gasteiger partial charge in [0, 0.05) is 11.8 Å². The van der Waals surface area contributed by atoms with Crippen molar-refractivity contribution < 1.29 is 31.5 Å². The van der Waals surface area contributed by atoms with Crippen molar-refractivity contribution in [2.24, 2.45) is 0 Å². The van der Waals surface area contributed by atoms with Gasteiger partial charge < -0.3 is 4.74 Å². The number of hydrogen-bond acceptors (Lipinski definition) is 3. The van der Waals surface area contributed by atoms with Gasteiger partial charge in [0.2, 0.25) is 0 Å². The molecule has 0 aliphatic heterocycles. The van der Waals surface area contributed by atoms with E-state index in [0.717, 1.165) is 43.6 Å². The Morgan fingerprint density at radius 2 is 1.79 bits per heavy atom. The van der Waals surface area contributed by atoms with Crippen molar-refractivity contribution in [3.05, 3.63) is 65.0 Å². The molecule has 1 heterocycles. The predicted molar refractivity (Wildman–Crippen MR) is 75.5 cm³/mol. The maximum atomic E-state index is 13.5. The van der Waals surface area contributed by atoms with Crippen LogP contribution in [0.5, 0.6) is 5.75 Å². The summed E-state index contributed by atoms with van der Waals surface area (Å²) in [7, 11) is 1.08. The molecule has 0 saturated heterocycles. The minimum absolute atomic E-state index is 0.228. The summed E-state index contributed by atoms with van der Waals surface area (Å²) in [6, 6.07) is 3.49. The van der Waals surface area contributed by atoms with Crippen LogP contribution in [0, 0.1) is 11.6 Å². The first kappa shape index (κ1) is 17.6. The molecular formula is C16H10F5NO2.